The monoisotopic (exact) mass is 330 g/mol. The van der Waals surface area contributed by atoms with Gasteiger partial charge in [0.1, 0.15) is 6.04 Å². The molecule has 0 spiro atoms. The van der Waals surface area contributed by atoms with Crippen molar-refractivity contribution in [3.63, 3.8) is 0 Å². The highest BCUT2D eigenvalue weighted by atomic mass is 32.2. The number of aryl methyl sites for hydroxylation is 2. The summed E-state index contributed by atoms with van der Waals surface area (Å²) in [5.74, 6) is 0.898. The summed E-state index contributed by atoms with van der Waals surface area (Å²) in [6.07, 6.45) is 6.27. The van der Waals surface area contributed by atoms with Crippen LogP contribution in [0, 0.1) is 6.92 Å². The maximum atomic E-state index is 12.6. The zero-order valence-electron chi connectivity index (χ0n) is 13.3. The van der Waals surface area contributed by atoms with E-state index in [1.165, 1.54) is 11.8 Å². The summed E-state index contributed by atoms with van der Waals surface area (Å²) in [5, 5.41) is 13.0. The molecule has 7 nitrogen and oxygen atoms in total. The number of allylic oxidation sites excluding steroid dienone is 2. The van der Waals surface area contributed by atoms with E-state index < -0.39 is 0 Å². The normalized spacial score (nSPS) is 20.3. The third-order valence-corrected chi connectivity index (χ3v) is 4.92. The van der Waals surface area contributed by atoms with Crippen molar-refractivity contribution in [1.82, 2.24) is 24.5 Å². The maximum absolute atomic E-state index is 12.6. The Morgan fingerprint density at radius 1 is 1.35 bits per heavy atom. The molecule has 0 saturated carbocycles. The van der Waals surface area contributed by atoms with Crippen LogP contribution in [0.3, 0.4) is 0 Å². The molecular weight excluding hydrogens is 312 g/mol. The quantitative estimate of drug-likeness (QED) is 0.849. The smallest absolute Gasteiger partial charge is 0.227 e. The molecule has 1 atom stereocenters. The van der Waals surface area contributed by atoms with E-state index in [1.54, 1.807) is 4.68 Å². The average Bonchev–Trinajstić information content (AvgIpc) is 3.07. The van der Waals surface area contributed by atoms with Crippen LogP contribution in [0.15, 0.2) is 22.6 Å². The van der Waals surface area contributed by atoms with Crippen LogP contribution in [-0.4, -0.2) is 36.6 Å². The number of carbonyl (C=O) groups is 1. The van der Waals surface area contributed by atoms with Gasteiger partial charge in [0.15, 0.2) is 5.78 Å². The predicted molar refractivity (Wildman–Crippen MR) is 87.4 cm³/mol. The molecule has 1 aliphatic heterocycles. The molecule has 1 aliphatic carbocycles. The maximum Gasteiger partial charge on any atom is 0.227 e. The van der Waals surface area contributed by atoms with E-state index in [1.807, 2.05) is 31.1 Å². The highest BCUT2D eigenvalue weighted by Gasteiger charge is 2.38. The van der Waals surface area contributed by atoms with Gasteiger partial charge in [-0.25, -0.2) is 4.68 Å². The first-order valence-electron chi connectivity index (χ1n) is 7.62. The Morgan fingerprint density at radius 3 is 2.87 bits per heavy atom. The first-order valence-corrected chi connectivity index (χ1v) is 8.85. The minimum absolute atomic E-state index is 0.193. The largest absolute Gasteiger partial charge is 0.328 e. The van der Waals surface area contributed by atoms with Gasteiger partial charge in [0.25, 0.3) is 0 Å². The molecule has 4 rings (SSSR count). The second-order valence-electron chi connectivity index (χ2n) is 5.91. The second-order valence-corrected chi connectivity index (χ2v) is 6.68. The number of carbonyl (C=O) groups excluding carboxylic acids is 1. The lowest BCUT2D eigenvalue weighted by atomic mass is 9.86. The minimum atomic E-state index is -0.240. The van der Waals surface area contributed by atoms with Gasteiger partial charge in [0, 0.05) is 36.5 Å². The number of hydrogen-bond donors (Lipinski definition) is 1. The molecule has 0 radical (unpaired) electrons. The van der Waals surface area contributed by atoms with Gasteiger partial charge in [-0.15, -0.1) is 5.10 Å². The van der Waals surface area contributed by atoms with Crippen LogP contribution in [0.25, 0.3) is 0 Å². The lowest BCUT2D eigenvalue weighted by Gasteiger charge is -2.31. The third-order valence-electron chi connectivity index (χ3n) is 4.38. The van der Waals surface area contributed by atoms with Crippen molar-refractivity contribution in [2.24, 2.45) is 7.05 Å². The SMILES string of the molecule is CSc1nc2n(n1)C(c1cn(C)nc1C)C1=C(CCCC1=O)N2. The molecule has 0 fully saturated rings. The van der Waals surface area contributed by atoms with Crippen LogP contribution in [0.4, 0.5) is 5.95 Å². The van der Waals surface area contributed by atoms with Gasteiger partial charge >= 0.3 is 0 Å². The number of nitrogens with zero attached hydrogens (tertiary/aromatic N) is 5. The molecular formula is C15H18N6OS. The van der Waals surface area contributed by atoms with Crippen LogP contribution in [-0.2, 0) is 11.8 Å². The Morgan fingerprint density at radius 2 is 2.17 bits per heavy atom. The first kappa shape index (κ1) is 14.5. The average molecular weight is 330 g/mol. The van der Waals surface area contributed by atoms with Crippen LogP contribution >= 0.6 is 11.8 Å². The van der Waals surface area contributed by atoms with Gasteiger partial charge in [0.05, 0.1) is 5.69 Å². The van der Waals surface area contributed by atoms with E-state index in [9.17, 15) is 4.79 Å². The predicted octanol–water partition coefficient (Wildman–Crippen LogP) is 2.06. The topological polar surface area (TPSA) is 77.6 Å². The molecule has 0 bridgehead atoms. The lowest BCUT2D eigenvalue weighted by Crippen LogP contribution is -2.31. The molecule has 23 heavy (non-hydrogen) atoms. The number of fused-ring (bicyclic) bond motifs is 1. The van der Waals surface area contributed by atoms with E-state index >= 15 is 0 Å². The number of rotatable bonds is 2. The van der Waals surface area contributed by atoms with Crippen LogP contribution < -0.4 is 5.32 Å². The van der Waals surface area contributed by atoms with Crippen molar-refractivity contribution < 1.29 is 4.79 Å². The molecule has 3 heterocycles. The molecule has 2 aromatic heterocycles. The molecule has 1 unspecified atom stereocenters. The molecule has 8 heteroatoms. The Bertz CT molecular complexity index is 833. The number of nitrogens with one attached hydrogen (secondary N) is 1. The summed E-state index contributed by atoms with van der Waals surface area (Å²) in [6.45, 7) is 1.97. The van der Waals surface area contributed by atoms with Gasteiger partial charge in [-0.05, 0) is 26.0 Å². The number of hydrogen-bond acceptors (Lipinski definition) is 6. The van der Waals surface area contributed by atoms with E-state index in [0.29, 0.717) is 17.5 Å². The summed E-state index contributed by atoms with van der Waals surface area (Å²) < 4.78 is 3.62. The van der Waals surface area contributed by atoms with Crippen molar-refractivity contribution in [3.8, 4) is 0 Å². The minimum Gasteiger partial charge on any atom is -0.328 e. The second kappa shape index (κ2) is 5.23. The van der Waals surface area contributed by atoms with Gasteiger partial charge in [-0.1, -0.05) is 11.8 Å². The van der Waals surface area contributed by atoms with Crippen molar-refractivity contribution in [2.75, 3.05) is 11.6 Å². The molecule has 0 saturated heterocycles. The number of aromatic nitrogens is 5. The molecule has 1 N–H and O–H groups in total. The first-order chi connectivity index (χ1) is 11.1. The van der Waals surface area contributed by atoms with Gasteiger partial charge < -0.3 is 5.32 Å². The van der Waals surface area contributed by atoms with Crippen molar-refractivity contribution in [1.29, 1.82) is 0 Å². The van der Waals surface area contributed by atoms with Crippen molar-refractivity contribution in [3.05, 3.63) is 28.7 Å². The zero-order chi connectivity index (χ0) is 16.1. The summed E-state index contributed by atoms with van der Waals surface area (Å²) in [6, 6.07) is -0.240. The van der Waals surface area contributed by atoms with Gasteiger partial charge in [-0.3, -0.25) is 9.48 Å². The molecule has 0 amide bonds. The summed E-state index contributed by atoms with van der Waals surface area (Å²) in [7, 11) is 1.89. The van der Waals surface area contributed by atoms with E-state index in [-0.39, 0.29) is 11.8 Å². The lowest BCUT2D eigenvalue weighted by molar-refractivity contribution is -0.116. The number of ketones is 1. The van der Waals surface area contributed by atoms with Crippen molar-refractivity contribution in [2.45, 2.75) is 37.4 Å². The zero-order valence-corrected chi connectivity index (χ0v) is 14.1. The van der Waals surface area contributed by atoms with Gasteiger partial charge in [0.2, 0.25) is 11.1 Å². The van der Waals surface area contributed by atoms with Gasteiger partial charge in [-0.2, -0.15) is 10.1 Å². The molecule has 2 aliphatic rings. The Labute approximate surface area is 138 Å². The Hall–Kier alpha value is -2.09. The van der Waals surface area contributed by atoms with Crippen molar-refractivity contribution >= 4 is 23.5 Å². The summed E-state index contributed by atoms with van der Waals surface area (Å²) >= 11 is 1.50. The van der Waals surface area contributed by atoms with Crippen LogP contribution in [0.1, 0.15) is 36.6 Å². The van der Waals surface area contributed by atoms with Crippen LogP contribution in [0.2, 0.25) is 0 Å². The van der Waals surface area contributed by atoms with Crippen LogP contribution in [0.5, 0.6) is 0 Å². The third kappa shape index (κ3) is 2.20. The number of Topliss-reactive ketones (excluding diaryl/α,β-unsaturated/α-hetero) is 1. The number of thioether (sulfide) groups is 1. The summed E-state index contributed by atoms with van der Waals surface area (Å²) in [5.41, 5.74) is 3.73. The van der Waals surface area contributed by atoms with E-state index in [0.717, 1.165) is 35.4 Å². The highest BCUT2D eigenvalue weighted by Crippen LogP contribution is 2.41. The highest BCUT2D eigenvalue weighted by molar-refractivity contribution is 7.98. The summed E-state index contributed by atoms with van der Waals surface area (Å²) in [4.78, 5) is 17.2. The van der Waals surface area contributed by atoms with E-state index in [4.69, 9.17) is 0 Å². The van der Waals surface area contributed by atoms with E-state index in [2.05, 4.69) is 20.5 Å². The fourth-order valence-corrected chi connectivity index (χ4v) is 3.74. The molecule has 2 aromatic rings. The molecule has 120 valence electrons. The standard InChI is InChI=1S/C15H18N6OS/c1-8-9(7-20(2)18-8)13-12-10(5-4-6-11(12)22)16-14-17-15(23-3)19-21(13)14/h7,13H,4-6H2,1-3H3,(H,16,17,19). The Kier molecular flexibility index (Phi) is 3.29. The number of anilines is 1. The molecule has 0 aromatic carbocycles. The fourth-order valence-electron chi connectivity index (χ4n) is 3.40. The Balaban J connectivity index is 1.94. The fraction of sp³-hybridized carbons (Fsp3) is 0.467.